The Balaban J connectivity index is 2.44. The second-order valence-corrected chi connectivity index (χ2v) is 6.91. The van der Waals surface area contributed by atoms with Crippen LogP contribution in [0.2, 0.25) is 0 Å². The van der Waals surface area contributed by atoms with Crippen molar-refractivity contribution in [1.82, 2.24) is 20.4 Å². The highest BCUT2D eigenvalue weighted by Gasteiger charge is 2.31. The van der Waals surface area contributed by atoms with Crippen molar-refractivity contribution in [3.8, 4) is 0 Å². The van der Waals surface area contributed by atoms with E-state index in [4.69, 9.17) is 0 Å². The third-order valence-corrected chi connectivity index (χ3v) is 4.07. The molecule has 0 bridgehead atoms. The minimum atomic E-state index is -0.670. The number of likely N-dealkylation sites (N-methyl/N-ethyl adjacent to an activating group) is 1. The Morgan fingerprint density at radius 2 is 2.04 bits per heavy atom. The van der Waals surface area contributed by atoms with Crippen LogP contribution in [0.5, 0.6) is 0 Å². The molecule has 0 atom stereocenters. The van der Waals surface area contributed by atoms with E-state index in [1.807, 2.05) is 11.9 Å². The van der Waals surface area contributed by atoms with E-state index in [1.165, 1.54) is 6.08 Å². The number of carbonyl (C=O) groups is 1. The highest BCUT2D eigenvalue weighted by atomic mass is 16.3. The van der Waals surface area contributed by atoms with Crippen molar-refractivity contribution >= 4 is 12.6 Å². The van der Waals surface area contributed by atoms with Crippen LogP contribution in [0.15, 0.2) is 16.9 Å². The number of piperidine rings is 1. The fraction of sp³-hybridized carbons (Fsp3) is 0.765. The van der Waals surface area contributed by atoms with Gasteiger partial charge in [0.05, 0.1) is 11.9 Å². The highest BCUT2D eigenvalue weighted by molar-refractivity contribution is 5.67. The summed E-state index contributed by atoms with van der Waals surface area (Å²) in [6, 6.07) is 0.426. The number of nitrogens with zero attached hydrogens (tertiary/aromatic N) is 3. The zero-order chi connectivity index (χ0) is 18.0. The van der Waals surface area contributed by atoms with Gasteiger partial charge < -0.3 is 25.5 Å². The molecule has 1 aliphatic rings. The molecule has 0 radical (unpaired) electrons. The molecule has 0 unspecified atom stereocenters. The molecule has 1 rings (SSSR count). The summed E-state index contributed by atoms with van der Waals surface area (Å²) in [7, 11) is 3.96. The molecule has 0 saturated carbocycles. The van der Waals surface area contributed by atoms with Crippen LogP contribution < -0.4 is 10.6 Å². The molecule has 7 heteroatoms. The van der Waals surface area contributed by atoms with E-state index in [2.05, 4.69) is 41.4 Å². The predicted molar refractivity (Wildman–Crippen MR) is 98.1 cm³/mol. The van der Waals surface area contributed by atoms with Crippen LogP contribution in [-0.2, 0) is 4.79 Å². The molecule has 1 aliphatic heterocycles. The van der Waals surface area contributed by atoms with Crippen molar-refractivity contribution in [3.05, 3.63) is 11.9 Å². The van der Waals surface area contributed by atoms with E-state index in [1.54, 1.807) is 6.34 Å². The van der Waals surface area contributed by atoms with Gasteiger partial charge in [-0.2, -0.15) is 0 Å². The maximum atomic E-state index is 10.7. The van der Waals surface area contributed by atoms with Crippen molar-refractivity contribution in [2.24, 2.45) is 4.99 Å². The Kier molecular flexibility index (Phi) is 8.95. The first-order valence-corrected chi connectivity index (χ1v) is 8.63. The summed E-state index contributed by atoms with van der Waals surface area (Å²) in [6.07, 6.45) is 5.31. The average Bonchev–Trinajstić information content (AvgIpc) is 2.52. The Morgan fingerprint density at radius 3 is 2.62 bits per heavy atom. The van der Waals surface area contributed by atoms with Gasteiger partial charge in [0.1, 0.15) is 12.1 Å². The predicted octanol–water partition coefficient (Wildman–Crippen LogP) is 0.0311. The summed E-state index contributed by atoms with van der Waals surface area (Å²) >= 11 is 0. The van der Waals surface area contributed by atoms with Crippen LogP contribution in [0, 0.1) is 0 Å². The smallest absolute Gasteiger partial charge is 0.146 e. The van der Waals surface area contributed by atoms with Gasteiger partial charge in [0, 0.05) is 51.9 Å². The van der Waals surface area contributed by atoms with Crippen LogP contribution in [0.1, 0.15) is 26.7 Å². The summed E-state index contributed by atoms with van der Waals surface area (Å²) in [5, 5.41) is 17.0. The fourth-order valence-electron chi connectivity index (χ4n) is 2.62. The Bertz CT molecular complexity index is 429. The van der Waals surface area contributed by atoms with Crippen molar-refractivity contribution in [2.45, 2.75) is 38.3 Å². The molecular formula is C17H33N5O2. The molecule has 1 fully saturated rings. The number of hydrogen-bond donors (Lipinski definition) is 3. The Hall–Kier alpha value is -1.44. The Morgan fingerprint density at radius 1 is 1.38 bits per heavy atom. The van der Waals surface area contributed by atoms with Crippen LogP contribution in [0.4, 0.5) is 0 Å². The fourth-order valence-corrected chi connectivity index (χ4v) is 2.62. The van der Waals surface area contributed by atoms with Gasteiger partial charge >= 0.3 is 0 Å². The number of aldehydes is 1. The SMILES string of the molecule is CC(C)NCCN/C(=C/C=O)N=CN(C)CC1(O)CCN(C)CC1. The lowest BCUT2D eigenvalue weighted by Crippen LogP contribution is -2.49. The van der Waals surface area contributed by atoms with Gasteiger partial charge in [0.2, 0.25) is 0 Å². The van der Waals surface area contributed by atoms with E-state index >= 15 is 0 Å². The highest BCUT2D eigenvalue weighted by Crippen LogP contribution is 2.21. The molecule has 138 valence electrons. The molecule has 0 aromatic rings. The van der Waals surface area contributed by atoms with Crippen LogP contribution >= 0.6 is 0 Å². The number of aliphatic hydroxyl groups is 1. The van der Waals surface area contributed by atoms with Gasteiger partial charge in [-0.1, -0.05) is 13.8 Å². The lowest BCUT2D eigenvalue weighted by Gasteiger charge is -2.38. The van der Waals surface area contributed by atoms with E-state index in [0.29, 0.717) is 25.0 Å². The Labute approximate surface area is 145 Å². The molecule has 0 aliphatic carbocycles. The molecule has 7 nitrogen and oxygen atoms in total. The molecule has 1 heterocycles. The quantitative estimate of drug-likeness (QED) is 0.171. The second kappa shape index (κ2) is 10.4. The second-order valence-electron chi connectivity index (χ2n) is 6.91. The van der Waals surface area contributed by atoms with E-state index in [-0.39, 0.29) is 0 Å². The minimum Gasteiger partial charge on any atom is -0.388 e. The van der Waals surface area contributed by atoms with E-state index in [9.17, 15) is 9.90 Å². The number of rotatable bonds is 10. The van der Waals surface area contributed by atoms with Gasteiger partial charge in [-0.15, -0.1) is 0 Å². The zero-order valence-corrected chi connectivity index (χ0v) is 15.5. The largest absolute Gasteiger partial charge is 0.388 e. The topological polar surface area (TPSA) is 80.2 Å². The molecule has 0 aromatic carbocycles. The number of aliphatic imine (C=N–C) groups is 1. The van der Waals surface area contributed by atoms with E-state index < -0.39 is 5.60 Å². The lowest BCUT2D eigenvalue weighted by atomic mass is 9.91. The first kappa shape index (κ1) is 20.6. The molecular weight excluding hydrogens is 306 g/mol. The molecule has 0 amide bonds. The molecule has 0 spiro atoms. The first-order chi connectivity index (χ1) is 11.3. The number of carbonyl (C=O) groups excluding carboxylic acids is 1. The van der Waals surface area contributed by atoms with Gasteiger partial charge in [-0.3, -0.25) is 4.79 Å². The summed E-state index contributed by atoms with van der Waals surface area (Å²) in [4.78, 5) is 19.1. The number of hydrogen-bond acceptors (Lipinski definition) is 6. The summed E-state index contributed by atoms with van der Waals surface area (Å²) in [6.45, 7) is 8.01. The average molecular weight is 339 g/mol. The van der Waals surface area contributed by atoms with Crippen LogP contribution in [-0.4, -0.2) is 86.0 Å². The normalized spacial score (nSPS) is 19.0. The maximum Gasteiger partial charge on any atom is 0.146 e. The van der Waals surface area contributed by atoms with Crippen LogP contribution in [0.25, 0.3) is 0 Å². The molecule has 1 saturated heterocycles. The summed E-state index contributed by atoms with van der Waals surface area (Å²) in [5.74, 6) is 0.526. The lowest BCUT2D eigenvalue weighted by molar-refractivity contribution is -0.104. The summed E-state index contributed by atoms with van der Waals surface area (Å²) in [5.41, 5.74) is -0.670. The van der Waals surface area contributed by atoms with Crippen molar-refractivity contribution in [2.75, 3.05) is 46.8 Å². The van der Waals surface area contributed by atoms with E-state index in [0.717, 1.165) is 38.8 Å². The molecule has 24 heavy (non-hydrogen) atoms. The van der Waals surface area contributed by atoms with Crippen molar-refractivity contribution in [3.63, 3.8) is 0 Å². The number of likely N-dealkylation sites (tertiary alicyclic amines) is 1. The van der Waals surface area contributed by atoms with Gasteiger partial charge in [-0.05, 0) is 19.9 Å². The van der Waals surface area contributed by atoms with Gasteiger partial charge in [-0.25, -0.2) is 4.99 Å². The van der Waals surface area contributed by atoms with Crippen LogP contribution in [0.3, 0.4) is 0 Å². The molecule has 3 N–H and O–H groups in total. The monoisotopic (exact) mass is 339 g/mol. The third-order valence-electron chi connectivity index (χ3n) is 4.07. The first-order valence-electron chi connectivity index (χ1n) is 8.63. The van der Waals surface area contributed by atoms with Crippen molar-refractivity contribution in [1.29, 1.82) is 0 Å². The third kappa shape index (κ3) is 8.42. The zero-order valence-electron chi connectivity index (χ0n) is 15.5. The van der Waals surface area contributed by atoms with Crippen molar-refractivity contribution < 1.29 is 9.90 Å². The minimum absolute atomic E-state index is 0.426. The van der Waals surface area contributed by atoms with Gasteiger partial charge in [0.15, 0.2) is 0 Å². The number of allylic oxidation sites excluding steroid dienone is 1. The number of nitrogens with one attached hydrogen (secondary N) is 2. The van der Waals surface area contributed by atoms with Gasteiger partial charge in [0.25, 0.3) is 0 Å². The maximum absolute atomic E-state index is 10.7. The standard InChI is InChI=1S/C17H33N5O2/c1-15(2)18-8-9-19-16(5-12-23)20-14-22(4)13-17(24)6-10-21(3)11-7-17/h5,12,14-15,18-19,24H,6-11,13H2,1-4H3/b16-5-,20-14?. The molecule has 0 aromatic heterocycles. The summed E-state index contributed by atoms with van der Waals surface area (Å²) < 4.78 is 0.